The highest BCUT2D eigenvalue weighted by molar-refractivity contribution is 7.88. The van der Waals surface area contributed by atoms with Crippen LogP contribution in [-0.2, 0) is 14.8 Å². The van der Waals surface area contributed by atoms with E-state index in [4.69, 9.17) is 4.74 Å². The van der Waals surface area contributed by atoms with E-state index in [0.717, 1.165) is 36.1 Å². The number of ether oxygens (including phenoxy) is 1. The van der Waals surface area contributed by atoms with Crippen LogP contribution in [0.5, 0.6) is 5.75 Å². The average Bonchev–Trinajstić information content (AvgIpc) is 3.80. The highest BCUT2D eigenvalue weighted by atomic mass is 32.2. The molecular formula is C33H39N3O5S. The van der Waals surface area contributed by atoms with E-state index in [1.807, 2.05) is 54.6 Å². The van der Waals surface area contributed by atoms with Gasteiger partial charge in [-0.15, -0.1) is 0 Å². The predicted octanol–water partition coefficient (Wildman–Crippen LogP) is 4.54. The Morgan fingerprint density at radius 1 is 0.905 bits per heavy atom. The van der Waals surface area contributed by atoms with Gasteiger partial charge in [0, 0.05) is 31.7 Å². The standard InChI is InChI=1S/C33H39N3O5S/c1-41-29-17-15-26(16-18-29)30-23-28(30)9-6-10-31(33(38)35-19-21-36(22-20-35)42(2,39)40)34-32(37)27-13-11-25(12-14-27)24-7-4-3-5-8-24/h3-5,7-8,11-18,28,30-31H,6,9-10,19-23H2,1-2H3,(H,34,37)/t28-,30+,31+/m1/s1. The number of piperazine rings is 1. The second-order valence-corrected chi connectivity index (χ2v) is 13.2. The van der Waals surface area contributed by atoms with Crippen LogP contribution in [0, 0.1) is 5.92 Å². The normalized spacial score (nSPS) is 19.6. The molecule has 1 aliphatic carbocycles. The maximum Gasteiger partial charge on any atom is 0.251 e. The number of hydrogen-bond donors (Lipinski definition) is 1. The van der Waals surface area contributed by atoms with E-state index in [9.17, 15) is 18.0 Å². The molecule has 3 aromatic rings. The fraction of sp³-hybridized carbons (Fsp3) is 0.394. The Labute approximate surface area is 248 Å². The molecule has 1 N–H and O–H groups in total. The lowest BCUT2D eigenvalue weighted by Gasteiger charge is -2.35. The van der Waals surface area contributed by atoms with E-state index < -0.39 is 16.1 Å². The lowest BCUT2D eigenvalue weighted by atomic mass is 10.0. The van der Waals surface area contributed by atoms with Crippen molar-refractivity contribution in [2.24, 2.45) is 5.92 Å². The molecule has 222 valence electrons. The highest BCUT2D eigenvalue weighted by Gasteiger charge is 2.38. The molecule has 2 aliphatic rings. The van der Waals surface area contributed by atoms with Crippen LogP contribution in [0.2, 0.25) is 0 Å². The lowest BCUT2D eigenvalue weighted by Crippen LogP contribution is -2.55. The first kappa shape index (κ1) is 29.8. The number of methoxy groups -OCH3 is 1. The molecule has 9 heteroatoms. The van der Waals surface area contributed by atoms with Crippen LogP contribution in [0.1, 0.15) is 47.5 Å². The second-order valence-electron chi connectivity index (χ2n) is 11.3. The minimum absolute atomic E-state index is 0.153. The molecule has 0 bridgehead atoms. The summed E-state index contributed by atoms with van der Waals surface area (Å²) < 4.78 is 30.6. The summed E-state index contributed by atoms with van der Waals surface area (Å²) >= 11 is 0. The summed E-state index contributed by atoms with van der Waals surface area (Å²) in [6, 6.07) is 24.9. The predicted molar refractivity (Wildman–Crippen MR) is 164 cm³/mol. The van der Waals surface area contributed by atoms with Crippen molar-refractivity contribution in [1.29, 1.82) is 0 Å². The third kappa shape index (κ3) is 7.38. The summed E-state index contributed by atoms with van der Waals surface area (Å²) in [4.78, 5) is 28.6. The van der Waals surface area contributed by atoms with E-state index in [2.05, 4.69) is 17.4 Å². The first-order chi connectivity index (χ1) is 20.2. The van der Waals surface area contributed by atoms with Crippen molar-refractivity contribution >= 4 is 21.8 Å². The van der Waals surface area contributed by atoms with Crippen molar-refractivity contribution in [3.05, 3.63) is 90.0 Å². The summed E-state index contributed by atoms with van der Waals surface area (Å²) in [7, 11) is -1.64. The van der Waals surface area contributed by atoms with E-state index in [1.54, 1.807) is 24.1 Å². The van der Waals surface area contributed by atoms with Crippen LogP contribution in [0.25, 0.3) is 11.1 Å². The molecule has 2 amide bonds. The molecule has 0 aromatic heterocycles. The fourth-order valence-electron chi connectivity index (χ4n) is 5.81. The first-order valence-corrected chi connectivity index (χ1v) is 16.4. The SMILES string of the molecule is COc1ccc([C@@H]2C[C@H]2CCC[C@H](NC(=O)c2ccc(-c3ccccc3)cc2)C(=O)N2CCN(S(C)(=O)=O)CC2)cc1. The van der Waals surface area contributed by atoms with E-state index in [-0.39, 0.29) is 24.9 Å². The molecule has 0 spiro atoms. The van der Waals surface area contributed by atoms with Crippen LogP contribution >= 0.6 is 0 Å². The van der Waals surface area contributed by atoms with Crippen LogP contribution in [0.15, 0.2) is 78.9 Å². The van der Waals surface area contributed by atoms with Gasteiger partial charge in [0.05, 0.1) is 13.4 Å². The molecule has 3 aromatic carbocycles. The number of amides is 2. The Morgan fingerprint density at radius 3 is 2.17 bits per heavy atom. The Kier molecular flexibility index (Phi) is 9.28. The zero-order chi connectivity index (χ0) is 29.7. The topological polar surface area (TPSA) is 96.0 Å². The van der Waals surface area contributed by atoms with Gasteiger partial charge in [-0.2, -0.15) is 4.31 Å². The first-order valence-electron chi connectivity index (χ1n) is 14.6. The molecule has 5 rings (SSSR count). The minimum atomic E-state index is -3.30. The van der Waals surface area contributed by atoms with E-state index in [1.165, 1.54) is 16.1 Å². The largest absolute Gasteiger partial charge is 0.497 e. The summed E-state index contributed by atoms with van der Waals surface area (Å²) in [5.41, 5.74) is 3.89. The number of sulfonamides is 1. The second kappa shape index (κ2) is 13.1. The van der Waals surface area contributed by atoms with Gasteiger partial charge in [0.2, 0.25) is 15.9 Å². The quantitative estimate of drug-likeness (QED) is 0.354. The van der Waals surface area contributed by atoms with E-state index >= 15 is 0 Å². The van der Waals surface area contributed by atoms with Crippen LogP contribution < -0.4 is 10.1 Å². The number of carbonyl (C=O) groups is 2. The summed E-state index contributed by atoms with van der Waals surface area (Å²) in [5, 5.41) is 3.00. The molecule has 1 saturated carbocycles. The molecule has 2 fully saturated rings. The van der Waals surface area contributed by atoms with Crippen LogP contribution in [0.3, 0.4) is 0 Å². The Balaban J connectivity index is 1.22. The van der Waals surface area contributed by atoms with Gasteiger partial charge >= 0.3 is 0 Å². The average molecular weight is 590 g/mol. The zero-order valence-corrected chi connectivity index (χ0v) is 25.1. The monoisotopic (exact) mass is 589 g/mol. The van der Waals surface area contributed by atoms with Gasteiger partial charge in [-0.1, -0.05) is 61.0 Å². The molecule has 0 unspecified atom stereocenters. The number of benzene rings is 3. The molecule has 1 saturated heterocycles. The number of nitrogens with one attached hydrogen (secondary N) is 1. The molecular weight excluding hydrogens is 550 g/mol. The zero-order valence-electron chi connectivity index (χ0n) is 24.2. The number of rotatable bonds is 11. The fourth-order valence-corrected chi connectivity index (χ4v) is 6.64. The van der Waals surface area contributed by atoms with Gasteiger partial charge in [-0.3, -0.25) is 9.59 Å². The highest BCUT2D eigenvalue weighted by Crippen LogP contribution is 2.50. The number of carbonyl (C=O) groups excluding carboxylic acids is 2. The van der Waals surface area contributed by atoms with Gasteiger partial charge in [0.1, 0.15) is 11.8 Å². The Hall–Kier alpha value is -3.69. The summed E-state index contributed by atoms with van der Waals surface area (Å²) in [5.74, 6) is 1.49. The van der Waals surface area contributed by atoms with Crippen molar-refractivity contribution in [2.45, 2.75) is 37.6 Å². The molecule has 42 heavy (non-hydrogen) atoms. The minimum Gasteiger partial charge on any atom is -0.497 e. The Bertz CT molecular complexity index is 1470. The van der Waals surface area contributed by atoms with Gasteiger partial charge in [0.25, 0.3) is 5.91 Å². The summed E-state index contributed by atoms with van der Waals surface area (Å²) in [6.45, 7) is 1.15. The molecule has 3 atom stereocenters. The molecule has 1 heterocycles. The molecule has 1 aliphatic heterocycles. The third-order valence-electron chi connectivity index (χ3n) is 8.41. The van der Waals surface area contributed by atoms with Crippen molar-refractivity contribution in [1.82, 2.24) is 14.5 Å². The molecule has 0 radical (unpaired) electrons. The number of nitrogens with zero attached hydrogens (tertiary/aromatic N) is 2. The van der Waals surface area contributed by atoms with Gasteiger partial charge < -0.3 is 15.0 Å². The lowest BCUT2D eigenvalue weighted by molar-refractivity contribution is -0.134. The Morgan fingerprint density at radius 2 is 1.55 bits per heavy atom. The van der Waals surface area contributed by atoms with Crippen molar-refractivity contribution in [3.63, 3.8) is 0 Å². The van der Waals surface area contributed by atoms with Gasteiger partial charge in [-0.25, -0.2) is 8.42 Å². The van der Waals surface area contributed by atoms with Gasteiger partial charge in [-0.05, 0) is 72.1 Å². The third-order valence-corrected chi connectivity index (χ3v) is 9.71. The maximum absolute atomic E-state index is 13.6. The smallest absolute Gasteiger partial charge is 0.251 e. The van der Waals surface area contributed by atoms with Crippen LogP contribution in [-0.4, -0.2) is 75.0 Å². The van der Waals surface area contributed by atoms with Crippen molar-refractivity contribution in [2.75, 3.05) is 39.5 Å². The number of hydrogen-bond acceptors (Lipinski definition) is 5. The van der Waals surface area contributed by atoms with Crippen LogP contribution in [0.4, 0.5) is 0 Å². The summed E-state index contributed by atoms with van der Waals surface area (Å²) in [6.07, 6.45) is 4.63. The molecule has 8 nitrogen and oxygen atoms in total. The van der Waals surface area contributed by atoms with Crippen molar-refractivity contribution in [3.8, 4) is 16.9 Å². The van der Waals surface area contributed by atoms with E-state index in [0.29, 0.717) is 36.9 Å². The maximum atomic E-state index is 13.6. The van der Waals surface area contributed by atoms with Crippen molar-refractivity contribution < 1.29 is 22.7 Å². The van der Waals surface area contributed by atoms with Gasteiger partial charge in [0.15, 0.2) is 0 Å².